The number of nitrogens with two attached hydrogens (primary N) is 1. The van der Waals surface area contributed by atoms with E-state index in [1.165, 1.54) is 0 Å². The lowest BCUT2D eigenvalue weighted by Crippen LogP contribution is -1.94. The van der Waals surface area contributed by atoms with E-state index in [0.29, 0.717) is 0 Å². The maximum atomic E-state index is 5.94. The second-order valence-electron chi connectivity index (χ2n) is 3.22. The lowest BCUT2D eigenvalue weighted by Gasteiger charge is -2.04. The third-order valence-corrected chi connectivity index (χ3v) is 2.71. The van der Waals surface area contributed by atoms with Crippen molar-refractivity contribution >= 4 is 32.5 Å². The molecule has 0 unspecified atom stereocenters. The second-order valence-corrected chi connectivity index (χ2v) is 4.13. The Hall–Kier alpha value is -1.09. The van der Waals surface area contributed by atoms with Gasteiger partial charge in [-0.15, -0.1) is 0 Å². The Morgan fingerprint density at radius 2 is 2.14 bits per heavy atom. The number of nitrogen functional groups attached to an aromatic ring is 1. The van der Waals surface area contributed by atoms with Crippen LogP contribution < -0.4 is 5.73 Å². The summed E-state index contributed by atoms with van der Waals surface area (Å²) in [5.41, 5.74) is 8.74. The Bertz CT molecular complexity index is 480. The van der Waals surface area contributed by atoms with E-state index in [2.05, 4.69) is 27.8 Å². The van der Waals surface area contributed by atoms with Crippen molar-refractivity contribution in [3.8, 4) is 0 Å². The van der Waals surface area contributed by atoms with E-state index in [-0.39, 0.29) is 0 Å². The highest BCUT2D eigenvalue weighted by Crippen LogP contribution is 2.24. The quantitative estimate of drug-likeness (QED) is 0.845. The number of pyridine rings is 1. The standard InChI is InChI=1S/C11H11BrN2/c1-2-8-6-10(13)9-5-7(12)3-4-11(9)14-8/h3-6H,2H2,1H3,(H2,13,14). The van der Waals surface area contributed by atoms with Crippen LogP contribution in [0.4, 0.5) is 5.69 Å². The molecule has 1 aromatic carbocycles. The van der Waals surface area contributed by atoms with Gasteiger partial charge in [0, 0.05) is 21.2 Å². The Morgan fingerprint density at radius 3 is 2.86 bits per heavy atom. The molecule has 0 atom stereocenters. The molecule has 0 spiro atoms. The van der Waals surface area contributed by atoms with Crippen LogP contribution in [0.25, 0.3) is 10.9 Å². The third kappa shape index (κ3) is 1.60. The van der Waals surface area contributed by atoms with Gasteiger partial charge in [-0.05, 0) is 30.7 Å². The molecule has 2 rings (SSSR count). The van der Waals surface area contributed by atoms with Gasteiger partial charge in [0.1, 0.15) is 0 Å². The minimum atomic E-state index is 0.799. The van der Waals surface area contributed by atoms with Crippen LogP contribution in [0.2, 0.25) is 0 Å². The van der Waals surface area contributed by atoms with Gasteiger partial charge >= 0.3 is 0 Å². The van der Waals surface area contributed by atoms with Gasteiger partial charge in [0.15, 0.2) is 0 Å². The highest BCUT2D eigenvalue weighted by atomic mass is 79.9. The van der Waals surface area contributed by atoms with Crippen LogP contribution in [0, 0.1) is 0 Å². The summed E-state index contributed by atoms with van der Waals surface area (Å²) in [6, 6.07) is 7.90. The first-order valence-electron chi connectivity index (χ1n) is 4.55. The molecule has 0 radical (unpaired) electrons. The molecule has 0 amide bonds. The van der Waals surface area contributed by atoms with E-state index >= 15 is 0 Å². The number of anilines is 1. The Kier molecular flexibility index (Phi) is 2.42. The summed E-state index contributed by atoms with van der Waals surface area (Å²) in [4.78, 5) is 4.49. The summed E-state index contributed by atoms with van der Waals surface area (Å²) >= 11 is 3.42. The van der Waals surface area contributed by atoms with Gasteiger partial charge in [-0.2, -0.15) is 0 Å². The fraction of sp³-hybridized carbons (Fsp3) is 0.182. The molecule has 1 aromatic heterocycles. The van der Waals surface area contributed by atoms with Crippen molar-refractivity contribution < 1.29 is 0 Å². The fourth-order valence-electron chi connectivity index (χ4n) is 1.46. The fourth-order valence-corrected chi connectivity index (χ4v) is 1.82. The van der Waals surface area contributed by atoms with E-state index < -0.39 is 0 Å². The molecule has 0 saturated heterocycles. The zero-order chi connectivity index (χ0) is 10.1. The van der Waals surface area contributed by atoms with Crippen molar-refractivity contribution in [3.63, 3.8) is 0 Å². The van der Waals surface area contributed by atoms with Gasteiger partial charge < -0.3 is 5.73 Å². The van der Waals surface area contributed by atoms with Crippen molar-refractivity contribution in [1.82, 2.24) is 4.98 Å². The topological polar surface area (TPSA) is 38.9 Å². The molecule has 0 bridgehead atoms. The van der Waals surface area contributed by atoms with Crippen molar-refractivity contribution in [3.05, 3.63) is 34.4 Å². The lowest BCUT2D eigenvalue weighted by molar-refractivity contribution is 1.06. The van der Waals surface area contributed by atoms with Crippen LogP contribution in [-0.4, -0.2) is 4.98 Å². The Balaban J connectivity index is 2.76. The predicted octanol–water partition coefficient (Wildman–Crippen LogP) is 3.14. The summed E-state index contributed by atoms with van der Waals surface area (Å²) in [6.45, 7) is 2.08. The van der Waals surface area contributed by atoms with Crippen LogP contribution in [0.5, 0.6) is 0 Å². The van der Waals surface area contributed by atoms with Crippen LogP contribution in [0.3, 0.4) is 0 Å². The molecular weight excluding hydrogens is 240 g/mol. The summed E-state index contributed by atoms with van der Waals surface area (Å²) in [6.07, 6.45) is 0.913. The van der Waals surface area contributed by atoms with E-state index in [4.69, 9.17) is 5.73 Å². The normalized spacial score (nSPS) is 10.7. The monoisotopic (exact) mass is 250 g/mol. The smallest absolute Gasteiger partial charge is 0.0726 e. The molecule has 0 aliphatic heterocycles. The number of nitrogens with zero attached hydrogens (tertiary/aromatic N) is 1. The first-order valence-corrected chi connectivity index (χ1v) is 5.34. The summed E-state index contributed by atoms with van der Waals surface area (Å²) < 4.78 is 1.03. The largest absolute Gasteiger partial charge is 0.398 e. The van der Waals surface area contributed by atoms with Crippen LogP contribution in [0.1, 0.15) is 12.6 Å². The molecule has 72 valence electrons. The number of benzene rings is 1. The number of aryl methyl sites for hydroxylation is 1. The molecule has 0 fully saturated rings. The van der Waals surface area contributed by atoms with Crippen molar-refractivity contribution in [2.24, 2.45) is 0 Å². The van der Waals surface area contributed by atoms with E-state index in [0.717, 1.165) is 33.2 Å². The predicted molar refractivity (Wildman–Crippen MR) is 63.2 cm³/mol. The van der Waals surface area contributed by atoms with E-state index in [1.54, 1.807) is 0 Å². The van der Waals surface area contributed by atoms with Crippen molar-refractivity contribution in [2.45, 2.75) is 13.3 Å². The van der Waals surface area contributed by atoms with Crippen LogP contribution >= 0.6 is 15.9 Å². The van der Waals surface area contributed by atoms with Gasteiger partial charge in [0.05, 0.1) is 5.52 Å². The van der Waals surface area contributed by atoms with Gasteiger partial charge in [-0.1, -0.05) is 22.9 Å². The lowest BCUT2D eigenvalue weighted by atomic mass is 10.1. The Morgan fingerprint density at radius 1 is 1.36 bits per heavy atom. The van der Waals surface area contributed by atoms with Crippen LogP contribution in [0.15, 0.2) is 28.7 Å². The number of hydrogen-bond donors (Lipinski definition) is 1. The summed E-state index contributed by atoms with van der Waals surface area (Å²) in [5, 5.41) is 1.01. The van der Waals surface area contributed by atoms with Crippen LogP contribution in [-0.2, 0) is 6.42 Å². The number of hydrogen-bond acceptors (Lipinski definition) is 2. The summed E-state index contributed by atoms with van der Waals surface area (Å²) in [7, 11) is 0. The number of halogens is 1. The molecule has 0 saturated carbocycles. The van der Waals surface area contributed by atoms with Gasteiger partial charge in [-0.3, -0.25) is 4.98 Å². The molecule has 2 aromatic rings. The van der Waals surface area contributed by atoms with Crippen molar-refractivity contribution in [1.29, 1.82) is 0 Å². The average Bonchev–Trinajstić information content (AvgIpc) is 2.19. The highest BCUT2D eigenvalue weighted by molar-refractivity contribution is 9.10. The second kappa shape index (κ2) is 3.58. The minimum Gasteiger partial charge on any atom is -0.398 e. The molecule has 2 N–H and O–H groups in total. The van der Waals surface area contributed by atoms with Gasteiger partial charge in [0.2, 0.25) is 0 Å². The number of fused-ring (bicyclic) bond motifs is 1. The molecular formula is C11H11BrN2. The third-order valence-electron chi connectivity index (χ3n) is 2.22. The molecule has 0 aliphatic carbocycles. The van der Waals surface area contributed by atoms with Gasteiger partial charge in [0.25, 0.3) is 0 Å². The van der Waals surface area contributed by atoms with E-state index in [9.17, 15) is 0 Å². The molecule has 14 heavy (non-hydrogen) atoms. The molecule has 3 heteroatoms. The Labute approximate surface area is 91.3 Å². The van der Waals surface area contributed by atoms with E-state index in [1.807, 2.05) is 24.3 Å². The SMILES string of the molecule is CCc1cc(N)c2cc(Br)ccc2n1. The number of aromatic nitrogens is 1. The van der Waals surface area contributed by atoms with Gasteiger partial charge in [-0.25, -0.2) is 0 Å². The first kappa shape index (κ1) is 9.46. The highest BCUT2D eigenvalue weighted by Gasteiger charge is 2.02. The minimum absolute atomic E-state index is 0.799. The van der Waals surface area contributed by atoms with Crippen molar-refractivity contribution in [2.75, 3.05) is 5.73 Å². The maximum Gasteiger partial charge on any atom is 0.0726 e. The maximum absolute atomic E-state index is 5.94. The average molecular weight is 251 g/mol. The molecule has 0 aliphatic rings. The first-order chi connectivity index (χ1) is 6.70. The zero-order valence-electron chi connectivity index (χ0n) is 7.92. The number of rotatable bonds is 1. The summed E-state index contributed by atoms with van der Waals surface area (Å²) in [5.74, 6) is 0. The molecule has 1 heterocycles. The zero-order valence-corrected chi connectivity index (χ0v) is 9.51. The molecule has 2 nitrogen and oxygen atoms in total.